The van der Waals surface area contributed by atoms with Crippen LogP contribution in [-0.2, 0) is 13.3 Å². The Bertz CT molecular complexity index is 284. The number of allylic oxidation sites excluding steroid dienone is 2. The first kappa shape index (κ1) is 16.6. The average molecular weight is 284 g/mol. The molecule has 0 saturated heterocycles. The lowest BCUT2D eigenvalue weighted by Gasteiger charge is -2.41. The van der Waals surface area contributed by atoms with E-state index in [0.717, 1.165) is 18.9 Å². The molecule has 1 unspecified atom stereocenters. The molecule has 0 aliphatic heterocycles. The van der Waals surface area contributed by atoms with Crippen LogP contribution in [0.2, 0.25) is 6.04 Å². The summed E-state index contributed by atoms with van der Waals surface area (Å²) in [7, 11) is 2.57. The minimum absolute atomic E-state index is 0.0770. The standard InChI is InChI=1S/C15H28O3Si/c1-6-15(7-2)12-9-8-10-14(15)11-13-19(16-3,17-4)18-5/h6-7,14H,1-2,8-13H2,3-5H3. The van der Waals surface area contributed by atoms with Gasteiger partial charge < -0.3 is 13.3 Å². The van der Waals surface area contributed by atoms with Crippen molar-refractivity contribution in [1.82, 2.24) is 0 Å². The van der Waals surface area contributed by atoms with Gasteiger partial charge in [0, 0.05) is 32.8 Å². The Morgan fingerprint density at radius 2 is 1.68 bits per heavy atom. The van der Waals surface area contributed by atoms with E-state index in [9.17, 15) is 0 Å². The highest BCUT2D eigenvalue weighted by Gasteiger charge is 2.42. The molecule has 0 spiro atoms. The average Bonchev–Trinajstić information content (AvgIpc) is 2.49. The predicted octanol–water partition coefficient (Wildman–Crippen LogP) is 3.80. The Balaban J connectivity index is 2.73. The molecule has 110 valence electrons. The van der Waals surface area contributed by atoms with Crippen molar-refractivity contribution in [3.8, 4) is 0 Å². The minimum Gasteiger partial charge on any atom is -0.377 e. The van der Waals surface area contributed by atoms with E-state index in [1.54, 1.807) is 21.3 Å². The van der Waals surface area contributed by atoms with Gasteiger partial charge >= 0.3 is 8.80 Å². The summed E-state index contributed by atoms with van der Waals surface area (Å²) in [6.07, 6.45) is 10.1. The molecule has 1 aliphatic rings. The highest BCUT2D eigenvalue weighted by atomic mass is 28.4. The first-order chi connectivity index (χ1) is 9.12. The Hall–Kier alpha value is -0.423. The number of hydrogen-bond donors (Lipinski definition) is 0. The normalized spacial score (nSPS) is 23.0. The summed E-state index contributed by atoms with van der Waals surface area (Å²) >= 11 is 0. The Labute approximate surface area is 119 Å². The second kappa shape index (κ2) is 7.38. The smallest absolute Gasteiger partial charge is 0.377 e. The SMILES string of the molecule is C=CC1(C=C)CCCCC1CC[Si](OC)(OC)OC. The van der Waals surface area contributed by atoms with E-state index in [1.165, 1.54) is 19.3 Å². The van der Waals surface area contributed by atoms with Crippen LogP contribution in [0.3, 0.4) is 0 Å². The summed E-state index contributed by atoms with van der Waals surface area (Å²) in [5.74, 6) is 0.573. The second-order valence-electron chi connectivity index (χ2n) is 5.30. The predicted molar refractivity (Wildman–Crippen MR) is 81.0 cm³/mol. The molecule has 19 heavy (non-hydrogen) atoms. The van der Waals surface area contributed by atoms with Crippen molar-refractivity contribution in [3.63, 3.8) is 0 Å². The first-order valence-electron chi connectivity index (χ1n) is 7.04. The van der Waals surface area contributed by atoms with Gasteiger partial charge in [-0.05, 0) is 25.2 Å². The third-order valence-corrected chi connectivity index (χ3v) is 7.43. The molecule has 0 bridgehead atoms. The van der Waals surface area contributed by atoms with E-state index in [-0.39, 0.29) is 5.41 Å². The van der Waals surface area contributed by atoms with Crippen LogP contribution in [0.5, 0.6) is 0 Å². The highest BCUT2D eigenvalue weighted by molar-refractivity contribution is 6.60. The van der Waals surface area contributed by atoms with Gasteiger partial charge in [-0.2, -0.15) is 0 Å². The molecule has 1 fully saturated rings. The topological polar surface area (TPSA) is 27.7 Å². The first-order valence-corrected chi connectivity index (χ1v) is 8.98. The number of rotatable bonds is 8. The van der Waals surface area contributed by atoms with E-state index >= 15 is 0 Å². The van der Waals surface area contributed by atoms with Crippen LogP contribution >= 0.6 is 0 Å². The molecule has 0 radical (unpaired) electrons. The fraction of sp³-hybridized carbons (Fsp3) is 0.733. The van der Waals surface area contributed by atoms with E-state index in [1.807, 2.05) is 0 Å². The molecule has 0 heterocycles. The van der Waals surface area contributed by atoms with Crippen LogP contribution in [-0.4, -0.2) is 30.1 Å². The molecule has 1 saturated carbocycles. The van der Waals surface area contributed by atoms with Crippen molar-refractivity contribution in [2.75, 3.05) is 21.3 Å². The summed E-state index contributed by atoms with van der Waals surface area (Å²) in [5, 5.41) is 0. The fourth-order valence-corrected chi connectivity index (χ4v) is 5.05. The van der Waals surface area contributed by atoms with Crippen LogP contribution < -0.4 is 0 Å². The van der Waals surface area contributed by atoms with Crippen LogP contribution in [0, 0.1) is 11.3 Å². The van der Waals surface area contributed by atoms with Gasteiger partial charge in [-0.3, -0.25) is 0 Å². The lowest BCUT2D eigenvalue weighted by molar-refractivity contribution is 0.115. The van der Waals surface area contributed by atoms with Crippen molar-refractivity contribution in [2.24, 2.45) is 11.3 Å². The largest absolute Gasteiger partial charge is 0.500 e. The van der Waals surface area contributed by atoms with Crippen molar-refractivity contribution < 1.29 is 13.3 Å². The molecular weight excluding hydrogens is 256 g/mol. The minimum atomic E-state index is -2.46. The van der Waals surface area contributed by atoms with Gasteiger partial charge in [-0.15, -0.1) is 13.2 Å². The molecule has 4 heteroatoms. The third-order valence-electron chi connectivity index (χ3n) is 4.66. The van der Waals surface area contributed by atoms with Gasteiger partial charge in [0.1, 0.15) is 0 Å². The van der Waals surface area contributed by atoms with Gasteiger partial charge in [-0.1, -0.05) is 25.0 Å². The third kappa shape index (κ3) is 3.57. The maximum Gasteiger partial charge on any atom is 0.500 e. The zero-order chi connectivity index (χ0) is 14.4. The second-order valence-corrected chi connectivity index (χ2v) is 8.39. The lowest BCUT2D eigenvalue weighted by Crippen LogP contribution is -2.44. The molecule has 3 nitrogen and oxygen atoms in total. The Morgan fingerprint density at radius 1 is 1.11 bits per heavy atom. The number of hydrogen-bond acceptors (Lipinski definition) is 3. The summed E-state index contributed by atoms with van der Waals surface area (Å²) < 4.78 is 16.5. The fourth-order valence-electron chi connectivity index (χ4n) is 3.24. The Morgan fingerprint density at radius 3 is 2.16 bits per heavy atom. The summed E-state index contributed by atoms with van der Waals surface area (Å²) in [6, 6.07) is 0.852. The molecule has 0 aromatic carbocycles. The maximum absolute atomic E-state index is 5.51. The zero-order valence-corrected chi connectivity index (χ0v) is 13.6. The van der Waals surface area contributed by atoms with Gasteiger partial charge in [0.15, 0.2) is 0 Å². The van der Waals surface area contributed by atoms with E-state index in [0.29, 0.717) is 5.92 Å². The van der Waals surface area contributed by atoms with Crippen LogP contribution in [0.15, 0.2) is 25.3 Å². The summed E-state index contributed by atoms with van der Waals surface area (Å²) in [6.45, 7) is 8.06. The molecule has 0 aromatic heterocycles. The van der Waals surface area contributed by atoms with Crippen molar-refractivity contribution in [3.05, 3.63) is 25.3 Å². The van der Waals surface area contributed by atoms with Crippen LogP contribution in [0.1, 0.15) is 32.1 Å². The van der Waals surface area contributed by atoms with Crippen molar-refractivity contribution in [1.29, 1.82) is 0 Å². The molecule has 1 atom stereocenters. The van der Waals surface area contributed by atoms with E-state index < -0.39 is 8.80 Å². The highest BCUT2D eigenvalue weighted by Crippen LogP contribution is 2.46. The Kier molecular flexibility index (Phi) is 6.46. The van der Waals surface area contributed by atoms with E-state index in [2.05, 4.69) is 25.3 Å². The molecule has 1 aliphatic carbocycles. The maximum atomic E-state index is 5.51. The lowest BCUT2D eigenvalue weighted by atomic mass is 9.65. The van der Waals surface area contributed by atoms with Gasteiger partial charge in [0.2, 0.25) is 0 Å². The van der Waals surface area contributed by atoms with Gasteiger partial charge in [0.05, 0.1) is 0 Å². The molecule has 1 rings (SSSR count). The quantitative estimate of drug-likeness (QED) is 0.501. The molecule has 0 amide bonds. The monoisotopic (exact) mass is 284 g/mol. The molecule has 0 aromatic rings. The van der Waals surface area contributed by atoms with Crippen LogP contribution in [0.4, 0.5) is 0 Å². The zero-order valence-electron chi connectivity index (χ0n) is 12.6. The van der Waals surface area contributed by atoms with Crippen molar-refractivity contribution >= 4 is 8.80 Å². The molecular formula is C15H28O3Si. The van der Waals surface area contributed by atoms with Gasteiger partial charge in [-0.25, -0.2) is 0 Å². The van der Waals surface area contributed by atoms with Crippen LogP contribution in [0.25, 0.3) is 0 Å². The van der Waals surface area contributed by atoms with Gasteiger partial charge in [0.25, 0.3) is 0 Å². The van der Waals surface area contributed by atoms with E-state index in [4.69, 9.17) is 13.3 Å². The van der Waals surface area contributed by atoms with Crippen molar-refractivity contribution in [2.45, 2.75) is 38.1 Å². The summed E-state index contributed by atoms with van der Waals surface area (Å²) in [5.41, 5.74) is 0.0770. The summed E-state index contributed by atoms with van der Waals surface area (Å²) in [4.78, 5) is 0. The molecule has 0 N–H and O–H groups in total.